The van der Waals surface area contributed by atoms with Crippen molar-refractivity contribution in [2.75, 3.05) is 0 Å². The number of esters is 1. The second kappa shape index (κ2) is 9.26. The summed E-state index contributed by atoms with van der Waals surface area (Å²) in [5, 5.41) is 3.74. The van der Waals surface area contributed by atoms with Gasteiger partial charge in [0.2, 0.25) is 0 Å². The Balaban J connectivity index is 1.53. The standard InChI is InChI=1S/C24H15Cl2NO5/c25-16-7-9-18(20(26)11-16)23(29)31-17-8-6-15-10-19(24(30)32-21(15)12-17)22(28)27-13-14-4-2-1-3-5-14/h1-12H,13H2,(H,27,28). The van der Waals surface area contributed by atoms with E-state index in [0.29, 0.717) is 10.4 Å². The molecule has 0 fully saturated rings. The fraction of sp³-hybridized carbons (Fsp3) is 0.0417. The molecule has 0 aliphatic heterocycles. The van der Waals surface area contributed by atoms with E-state index in [1.807, 2.05) is 30.3 Å². The Hall–Kier alpha value is -3.61. The molecule has 0 saturated carbocycles. The summed E-state index contributed by atoms with van der Waals surface area (Å²) in [6, 6.07) is 19.7. The molecule has 0 bridgehead atoms. The molecule has 0 aliphatic rings. The number of ether oxygens (including phenoxy) is 1. The maximum atomic E-state index is 12.4. The first-order valence-corrected chi connectivity index (χ1v) is 10.2. The highest BCUT2D eigenvalue weighted by molar-refractivity contribution is 6.36. The van der Waals surface area contributed by atoms with Crippen molar-refractivity contribution >= 4 is 46.0 Å². The molecule has 4 aromatic rings. The van der Waals surface area contributed by atoms with Crippen LogP contribution in [-0.2, 0) is 6.54 Å². The molecule has 1 amide bonds. The fourth-order valence-electron chi connectivity index (χ4n) is 3.00. The molecule has 0 unspecified atom stereocenters. The predicted molar refractivity (Wildman–Crippen MR) is 122 cm³/mol. The van der Waals surface area contributed by atoms with Crippen molar-refractivity contribution in [2.24, 2.45) is 0 Å². The summed E-state index contributed by atoms with van der Waals surface area (Å²) in [5.74, 6) is -1.08. The molecular formula is C24H15Cl2NO5. The van der Waals surface area contributed by atoms with Crippen LogP contribution >= 0.6 is 23.2 Å². The zero-order chi connectivity index (χ0) is 22.7. The van der Waals surface area contributed by atoms with E-state index in [-0.39, 0.29) is 34.0 Å². The van der Waals surface area contributed by atoms with Gasteiger partial charge in [-0.15, -0.1) is 0 Å². The van der Waals surface area contributed by atoms with Gasteiger partial charge in [0.25, 0.3) is 5.91 Å². The van der Waals surface area contributed by atoms with Crippen LogP contribution in [0.15, 0.2) is 82.0 Å². The summed E-state index contributed by atoms with van der Waals surface area (Å²) < 4.78 is 10.6. The highest BCUT2D eigenvalue weighted by Crippen LogP contribution is 2.25. The molecule has 1 N–H and O–H groups in total. The average molecular weight is 468 g/mol. The van der Waals surface area contributed by atoms with Gasteiger partial charge in [-0.1, -0.05) is 53.5 Å². The molecule has 6 nitrogen and oxygen atoms in total. The second-order valence-corrected chi connectivity index (χ2v) is 7.67. The molecule has 32 heavy (non-hydrogen) atoms. The van der Waals surface area contributed by atoms with Crippen molar-refractivity contribution in [2.45, 2.75) is 6.54 Å². The number of hydrogen-bond donors (Lipinski definition) is 1. The van der Waals surface area contributed by atoms with Crippen LogP contribution in [0.25, 0.3) is 11.0 Å². The summed E-state index contributed by atoms with van der Waals surface area (Å²) in [7, 11) is 0. The lowest BCUT2D eigenvalue weighted by molar-refractivity contribution is 0.0735. The minimum absolute atomic E-state index is 0.119. The van der Waals surface area contributed by atoms with E-state index < -0.39 is 17.5 Å². The summed E-state index contributed by atoms with van der Waals surface area (Å²) in [5.41, 5.74) is 0.293. The van der Waals surface area contributed by atoms with Gasteiger partial charge in [-0.05, 0) is 42.0 Å². The Kier molecular flexibility index (Phi) is 6.25. The quantitative estimate of drug-likeness (QED) is 0.246. The minimum Gasteiger partial charge on any atom is -0.423 e. The highest BCUT2D eigenvalue weighted by Gasteiger charge is 2.16. The van der Waals surface area contributed by atoms with Gasteiger partial charge in [0, 0.05) is 23.0 Å². The van der Waals surface area contributed by atoms with Gasteiger partial charge in [0.15, 0.2) is 0 Å². The lowest BCUT2D eigenvalue weighted by Crippen LogP contribution is -2.27. The topological polar surface area (TPSA) is 85.6 Å². The van der Waals surface area contributed by atoms with Gasteiger partial charge in [0.1, 0.15) is 16.9 Å². The van der Waals surface area contributed by atoms with Crippen molar-refractivity contribution in [1.82, 2.24) is 5.32 Å². The third-order valence-electron chi connectivity index (χ3n) is 4.61. The summed E-state index contributed by atoms with van der Waals surface area (Å²) in [6.07, 6.45) is 0. The van der Waals surface area contributed by atoms with E-state index in [2.05, 4.69) is 5.32 Å². The third-order valence-corrected chi connectivity index (χ3v) is 5.16. The van der Waals surface area contributed by atoms with Gasteiger partial charge in [-0.2, -0.15) is 0 Å². The first kappa shape index (κ1) is 21.6. The first-order valence-electron chi connectivity index (χ1n) is 9.48. The number of amides is 1. The number of fused-ring (bicyclic) bond motifs is 1. The number of benzene rings is 3. The van der Waals surface area contributed by atoms with E-state index in [1.54, 1.807) is 6.07 Å². The number of carbonyl (C=O) groups is 2. The van der Waals surface area contributed by atoms with Gasteiger partial charge < -0.3 is 14.5 Å². The summed E-state index contributed by atoms with van der Waals surface area (Å²) >= 11 is 11.9. The van der Waals surface area contributed by atoms with Gasteiger partial charge >= 0.3 is 11.6 Å². The van der Waals surface area contributed by atoms with Crippen LogP contribution in [0.3, 0.4) is 0 Å². The lowest BCUT2D eigenvalue weighted by atomic mass is 10.1. The van der Waals surface area contributed by atoms with Crippen LogP contribution in [-0.4, -0.2) is 11.9 Å². The highest BCUT2D eigenvalue weighted by atomic mass is 35.5. The molecule has 8 heteroatoms. The molecule has 1 aromatic heterocycles. The van der Waals surface area contributed by atoms with Crippen LogP contribution in [0.1, 0.15) is 26.3 Å². The monoisotopic (exact) mass is 467 g/mol. The Morgan fingerprint density at radius 2 is 1.69 bits per heavy atom. The SMILES string of the molecule is O=C(Oc1ccc2cc(C(=O)NCc3ccccc3)c(=O)oc2c1)c1ccc(Cl)cc1Cl. The van der Waals surface area contributed by atoms with E-state index >= 15 is 0 Å². The third kappa shape index (κ3) is 4.82. The second-order valence-electron chi connectivity index (χ2n) is 6.83. The number of halogens is 2. The molecule has 3 aromatic carbocycles. The Morgan fingerprint density at radius 3 is 2.44 bits per heavy atom. The van der Waals surface area contributed by atoms with Gasteiger partial charge in [-0.3, -0.25) is 4.79 Å². The molecular weight excluding hydrogens is 453 g/mol. The van der Waals surface area contributed by atoms with Gasteiger partial charge in [-0.25, -0.2) is 9.59 Å². The Morgan fingerprint density at radius 1 is 0.906 bits per heavy atom. The molecule has 1 heterocycles. The predicted octanol–water partition coefficient (Wildman–Crippen LogP) is 5.25. The maximum Gasteiger partial charge on any atom is 0.349 e. The average Bonchev–Trinajstić information content (AvgIpc) is 2.77. The zero-order valence-electron chi connectivity index (χ0n) is 16.4. The van der Waals surface area contributed by atoms with Crippen LogP contribution in [0.5, 0.6) is 5.75 Å². The lowest BCUT2D eigenvalue weighted by Gasteiger charge is -2.08. The van der Waals surface area contributed by atoms with Crippen LogP contribution in [0.4, 0.5) is 0 Å². The Labute approximate surface area is 192 Å². The van der Waals surface area contributed by atoms with E-state index in [4.69, 9.17) is 32.4 Å². The van der Waals surface area contributed by atoms with E-state index in [0.717, 1.165) is 5.56 Å². The largest absolute Gasteiger partial charge is 0.423 e. The van der Waals surface area contributed by atoms with Crippen LogP contribution in [0.2, 0.25) is 10.0 Å². The van der Waals surface area contributed by atoms with Crippen LogP contribution in [0, 0.1) is 0 Å². The van der Waals surface area contributed by atoms with Crippen molar-refractivity contribution in [3.63, 3.8) is 0 Å². The van der Waals surface area contributed by atoms with E-state index in [9.17, 15) is 14.4 Å². The molecule has 0 radical (unpaired) electrons. The zero-order valence-corrected chi connectivity index (χ0v) is 17.9. The molecule has 4 rings (SSSR count). The maximum absolute atomic E-state index is 12.4. The van der Waals surface area contributed by atoms with Crippen molar-refractivity contribution in [3.8, 4) is 5.75 Å². The Bertz CT molecular complexity index is 1380. The molecule has 0 aliphatic carbocycles. The fourth-order valence-corrected chi connectivity index (χ4v) is 3.49. The summed E-state index contributed by atoms with van der Waals surface area (Å²) in [4.78, 5) is 37.2. The van der Waals surface area contributed by atoms with Crippen molar-refractivity contribution < 1.29 is 18.7 Å². The number of hydrogen-bond acceptors (Lipinski definition) is 5. The number of rotatable bonds is 5. The molecule has 0 spiro atoms. The summed E-state index contributed by atoms with van der Waals surface area (Å²) in [6.45, 7) is 0.277. The van der Waals surface area contributed by atoms with Crippen molar-refractivity contribution in [3.05, 3.63) is 110 Å². The molecule has 0 atom stereocenters. The number of carbonyl (C=O) groups excluding carboxylic acids is 2. The van der Waals surface area contributed by atoms with Crippen LogP contribution < -0.4 is 15.7 Å². The normalized spacial score (nSPS) is 10.7. The van der Waals surface area contributed by atoms with E-state index in [1.165, 1.54) is 36.4 Å². The molecule has 0 saturated heterocycles. The number of nitrogens with one attached hydrogen (secondary N) is 1. The molecule has 160 valence electrons. The smallest absolute Gasteiger partial charge is 0.349 e. The minimum atomic E-state index is -0.799. The van der Waals surface area contributed by atoms with Crippen molar-refractivity contribution in [1.29, 1.82) is 0 Å². The van der Waals surface area contributed by atoms with Gasteiger partial charge in [0.05, 0.1) is 10.6 Å². The first-order chi connectivity index (χ1) is 15.4.